The SMILES string of the molecule is c1ccc(-c2ccc3c(c2)c2cc(-c4ccccc4)ccc2n3-c2ccc(-c3ccc(-c4nc(-c5ccccc5)cc(-c5ccccc5)n4)cc3)cc2)cc1. The highest BCUT2D eigenvalue weighted by atomic mass is 15.0. The number of aromatic nitrogens is 3. The van der Waals surface area contributed by atoms with Gasteiger partial charge in [0, 0.05) is 33.2 Å². The van der Waals surface area contributed by atoms with Crippen LogP contribution in [0.15, 0.2) is 212 Å². The number of fused-ring (bicyclic) bond motifs is 3. The predicted molar refractivity (Wildman–Crippen MR) is 229 cm³/mol. The number of hydrogen-bond donors (Lipinski definition) is 0. The van der Waals surface area contributed by atoms with Crippen molar-refractivity contribution in [1.29, 1.82) is 0 Å². The van der Waals surface area contributed by atoms with Gasteiger partial charge in [-0.2, -0.15) is 0 Å². The smallest absolute Gasteiger partial charge is 0.160 e. The average molecular weight is 702 g/mol. The first-order chi connectivity index (χ1) is 27.2. The Balaban J connectivity index is 1.02. The molecule has 0 aliphatic rings. The van der Waals surface area contributed by atoms with Gasteiger partial charge in [-0.3, -0.25) is 0 Å². The lowest BCUT2D eigenvalue weighted by Gasteiger charge is -2.11. The number of hydrogen-bond acceptors (Lipinski definition) is 2. The summed E-state index contributed by atoms with van der Waals surface area (Å²) < 4.78 is 2.39. The van der Waals surface area contributed by atoms with Crippen LogP contribution in [0, 0.1) is 0 Å². The lowest BCUT2D eigenvalue weighted by Crippen LogP contribution is -1.96. The molecule has 0 spiro atoms. The maximum Gasteiger partial charge on any atom is 0.160 e. The Bertz CT molecular complexity index is 2760. The third kappa shape index (κ3) is 6.18. The van der Waals surface area contributed by atoms with E-state index in [1.54, 1.807) is 0 Å². The second kappa shape index (κ2) is 13.9. The fraction of sp³-hybridized carbons (Fsp3) is 0. The van der Waals surface area contributed by atoms with Gasteiger partial charge in [-0.15, -0.1) is 0 Å². The van der Waals surface area contributed by atoms with Gasteiger partial charge in [0.1, 0.15) is 0 Å². The van der Waals surface area contributed by atoms with Crippen molar-refractivity contribution in [2.45, 2.75) is 0 Å². The molecule has 0 fully saturated rings. The number of benzene rings is 8. The summed E-state index contributed by atoms with van der Waals surface area (Å²) in [4.78, 5) is 10.0. The summed E-state index contributed by atoms with van der Waals surface area (Å²) in [7, 11) is 0. The van der Waals surface area contributed by atoms with E-state index in [-0.39, 0.29) is 0 Å². The normalized spacial score (nSPS) is 11.3. The highest BCUT2D eigenvalue weighted by Crippen LogP contribution is 2.38. The van der Waals surface area contributed by atoms with Crippen LogP contribution in [-0.2, 0) is 0 Å². The molecule has 0 bridgehead atoms. The van der Waals surface area contributed by atoms with Gasteiger partial charge >= 0.3 is 0 Å². The molecule has 0 unspecified atom stereocenters. The van der Waals surface area contributed by atoms with Crippen LogP contribution in [0.2, 0.25) is 0 Å². The zero-order valence-electron chi connectivity index (χ0n) is 30.0. The molecule has 3 nitrogen and oxygen atoms in total. The molecule has 2 heterocycles. The van der Waals surface area contributed by atoms with Crippen LogP contribution in [0.5, 0.6) is 0 Å². The summed E-state index contributed by atoms with van der Waals surface area (Å²) in [5.74, 6) is 0.708. The van der Waals surface area contributed by atoms with Crippen molar-refractivity contribution in [1.82, 2.24) is 14.5 Å². The molecule has 0 atom stereocenters. The summed E-state index contributed by atoms with van der Waals surface area (Å²) in [6, 6.07) is 75.2. The topological polar surface area (TPSA) is 30.7 Å². The van der Waals surface area contributed by atoms with Gasteiger partial charge < -0.3 is 4.57 Å². The van der Waals surface area contributed by atoms with E-state index in [4.69, 9.17) is 9.97 Å². The molecule has 0 radical (unpaired) electrons. The molecule has 8 aromatic carbocycles. The van der Waals surface area contributed by atoms with Crippen LogP contribution in [0.4, 0.5) is 0 Å². The van der Waals surface area contributed by atoms with Crippen LogP contribution < -0.4 is 0 Å². The minimum atomic E-state index is 0.708. The van der Waals surface area contributed by atoms with E-state index in [1.165, 1.54) is 44.1 Å². The van der Waals surface area contributed by atoms with E-state index in [9.17, 15) is 0 Å². The Kier molecular flexibility index (Phi) is 8.16. The van der Waals surface area contributed by atoms with Crippen molar-refractivity contribution in [2.24, 2.45) is 0 Å². The predicted octanol–water partition coefficient (Wildman–Crippen LogP) is 13.6. The zero-order chi connectivity index (χ0) is 36.6. The van der Waals surface area contributed by atoms with Crippen molar-refractivity contribution in [3.8, 4) is 73.0 Å². The van der Waals surface area contributed by atoms with Crippen molar-refractivity contribution in [3.05, 3.63) is 212 Å². The van der Waals surface area contributed by atoms with Crippen molar-refractivity contribution >= 4 is 21.8 Å². The molecule has 0 aliphatic carbocycles. The Morgan fingerprint density at radius 3 is 1.05 bits per heavy atom. The third-order valence-corrected chi connectivity index (χ3v) is 10.4. The Morgan fingerprint density at radius 2 is 0.618 bits per heavy atom. The zero-order valence-corrected chi connectivity index (χ0v) is 30.0. The number of rotatable bonds is 7. The molecule has 0 saturated carbocycles. The van der Waals surface area contributed by atoms with Gasteiger partial charge in [-0.05, 0) is 75.8 Å². The second-order valence-electron chi connectivity index (χ2n) is 13.8. The van der Waals surface area contributed by atoms with Gasteiger partial charge in [0.05, 0.1) is 22.4 Å². The molecule has 0 N–H and O–H groups in total. The first-order valence-electron chi connectivity index (χ1n) is 18.7. The van der Waals surface area contributed by atoms with Crippen LogP contribution >= 0.6 is 0 Å². The van der Waals surface area contributed by atoms with Gasteiger partial charge in [0.2, 0.25) is 0 Å². The van der Waals surface area contributed by atoms with E-state index in [2.05, 4.69) is 180 Å². The molecule has 0 amide bonds. The van der Waals surface area contributed by atoms with Crippen LogP contribution in [-0.4, -0.2) is 14.5 Å². The molecular weight excluding hydrogens is 667 g/mol. The largest absolute Gasteiger partial charge is 0.309 e. The molecule has 2 aromatic heterocycles. The van der Waals surface area contributed by atoms with E-state index in [0.717, 1.165) is 44.9 Å². The first-order valence-corrected chi connectivity index (χ1v) is 18.7. The highest BCUT2D eigenvalue weighted by Gasteiger charge is 2.16. The molecule has 0 aliphatic heterocycles. The van der Waals surface area contributed by atoms with Crippen LogP contribution in [0.1, 0.15) is 0 Å². The van der Waals surface area contributed by atoms with Crippen molar-refractivity contribution in [3.63, 3.8) is 0 Å². The second-order valence-corrected chi connectivity index (χ2v) is 13.8. The molecule has 3 heteroatoms. The van der Waals surface area contributed by atoms with Gasteiger partial charge in [0.25, 0.3) is 0 Å². The van der Waals surface area contributed by atoms with E-state index < -0.39 is 0 Å². The monoisotopic (exact) mass is 701 g/mol. The highest BCUT2D eigenvalue weighted by molar-refractivity contribution is 6.11. The lowest BCUT2D eigenvalue weighted by molar-refractivity contribution is 1.18. The van der Waals surface area contributed by atoms with Crippen LogP contribution in [0.3, 0.4) is 0 Å². The third-order valence-electron chi connectivity index (χ3n) is 10.4. The van der Waals surface area contributed by atoms with Crippen LogP contribution in [0.25, 0.3) is 94.8 Å². The molecule has 258 valence electrons. The van der Waals surface area contributed by atoms with E-state index >= 15 is 0 Å². The standard InChI is InChI=1S/C52H35N3/c1-5-13-36(14-6-1)43-27-31-50-46(33-43)47-34-44(37-15-7-2-8-16-37)28-32-51(47)55(50)45-29-25-39(26-30-45)38-21-23-42(24-22-38)52-53-48(40-17-9-3-10-18-40)35-49(54-52)41-19-11-4-12-20-41/h1-35H. The molecule has 10 rings (SSSR count). The average Bonchev–Trinajstić information content (AvgIpc) is 3.60. The Hall–Kier alpha value is -7.36. The first kappa shape index (κ1) is 32.3. The van der Waals surface area contributed by atoms with Crippen molar-refractivity contribution in [2.75, 3.05) is 0 Å². The van der Waals surface area contributed by atoms with Gasteiger partial charge in [0.15, 0.2) is 5.82 Å². The fourth-order valence-corrected chi connectivity index (χ4v) is 7.63. The lowest BCUT2D eigenvalue weighted by atomic mass is 10.0. The summed E-state index contributed by atoms with van der Waals surface area (Å²) in [6.07, 6.45) is 0. The van der Waals surface area contributed by atoms with Gasteiger partial charge in [-0.1, -0.05) is 170 Å². The summed E-state index contributed by atoms with van der Waals surface area (Å²) in [5, 5.41) is 2.48. The molecular formula is C52H35N3. The number of nitrogens with zero attached hydrogens (tertiary/aromatic N) is 3. The minimum Gasteiger partial charge on any atom is -0.309 e. The summed E-state index contributed by atoms with van der Waals surface area (Å²) in [5.41, 5.74) is 15.6. The minimum absolute atomic E-state index is 0.708. The Labute approximate surface area is 320 Å². The van der Waals surface area contributed by atoms with Crippen molar-refractivity contribution < 1.29 is 0 Å². The fourth-order valence-electron chi connectivity index (χ4n) is 7.63. The van der Waals surface area contributed by atoms with E-state index in [1.807, 2.05) is 36.4 Å². The maximum absolute atomic E-state index is 5.02. The summed E-state index contributed by atoms with van der Waals surface area (Å²) >= 11 is 0. The Morgan fingerprint density at radius 1 is 0.273 bits per heavy atom. The quantitative estimate of drug-likeness (QED) is 0.166. The summed E-state index contributed by atoms with van der Waals surface area (Å²) in [6.45, 7) is 0. The molecule has 55 heavy (non-hydrogen) atoms. The molecule has 10 aromatic rings. The van der Waals surface area contributed by atoms with E-state index in [0.29, 0.717) is 5.82 Å². The van der Waals surface area contributed by atoms with Gasteiger partial charge in [-0.25, -0.2) is 9.97 Å². The maximum atomic E-state index is 5.02. The molecule has 0 saturated heterocycles.